The second-order valence-electron chi connectivity index (χ2n) is 5.81. The normalized spacial score (nSPS) is 12.4. The van der Waals surface area contributed by atoms with Gasteiger partial charge in [0.2, 0.25) is 0 Å². The third kappa shape index (κ3) is 2.92. The smallest absolute Gasteiger partial charge is 0.332 e. The highest BCUT2D eigenvalue weighted by molar-refractivity contribution is 5.96. The zero-order chi connectivity index (χ0) is 18.2. The van der Waals surface area contributed by atoms with Crippen LogP contribution < -0.4 is 16.6 Å². The van der Waals surface area contributed by atoms with E-state index < -0.39 is 29.2 Å². The Morgan fingerprint density at radius 3 is 2.33 bits per heavy atom. The minimum Gasteiger partial charge on any atom is -0.480 e. The van der Waals surface area contributed by atoms with Crippen molar-refractivity contribution in [2.24, 2.45) is 20.0 Å². The van der Waals surface area contributed by atoms with Crippen LogP contribution in [0.15, 0.2) is 21.7 Å². The Hall–Kier alpha value is -2.97. The van der Waals surface area contributed by atoms with Crippen LogP contribution in [0.1, 0.15) is 24.3 Å². The zero-order valence-corrected chi connectivity index (χ0v) is 13.7. The summed E-state index contributed by atoms with van der Waals surface area (Å²) in [6.45, 7) is 3.33. The molecule has 0 saturated heterocycles. The lowest BCUT2D eigenvalue weighted by Crippen LogP contribution is -2.44. The molecule has 0 spiro atoms. The maximum atomic E-state index is 12.2. The molecule has 9 nitrogen and oxygen atoms in total. The molecule has 0 aliphatic heterocycles. The minimum absolute atomic E-state index is 0.0622. The molecule has 0 fully saturated rings. The molecule has 2 heterocycles. The van der Waals surface area contributed by atoms with Gasteiger partial charge in [0.15, 0.2) is 0 Å². The minimum atomic E-state index is -1.15. The number of carbonyl (C=O) groups excluding carboxylic acids is 1. The Labute approximate surface area is 136 Å². The molecular formula is C15H18N4O5. The largest absolute Gasteiger partial charge is 0.480 e. The van der Waals surface area contributed by atoms with Gasteiger partial charge in [-0.25, -0.2) is 14.6 Å². The van der Waals surface area contributed by atoms with Crippen molar-refractivity contribution in [3.63, 3.8) is 0 Å². The fourth-order valence-electron chi connectivity index (χ4n) is 2.31. The van der Waals surface area contributed by atoms with E-state index in [1.165, 1.54) is 26.2 Å². The van der Waals surface area contributed by atoms with Gasteiger partial charge in [-0.2, -0.15) is 0 Å². The predicted molar refractivity (Wildman–Crippen MR) is 86.0 cm³/mol. The Kier molecular flexibility index (Phi) is 4.54. The summed E-state index contributed by atoms with van der Waals surface area (Å²) in [7, 11) is 2.79. The van der Waals surface area contributed by atoms with Crippen molar-refractivity contribution in [1.29, 1.82) is 0 Å². The monoisotopic (exact) mass is 334 g/mol. The van der Waals surface area contributed by atoms with Crippen molar-refractivity contribution in [3.8, 4) is 0 Å². The molecule has 0 aromatic carbocycles. The molecule has 0 radical (unpaired) electrons. The summed E-state index contributed by atoms with van der Waals surface area (Å²) >= 11 is 0. The molecule has 2 rings (SSSR count). The maximum absolute atomic E-state index is 12.2. The first-order chi connectivity index (χ1) is 11.1. The molecule has 2 N–H and O–H groups in total. The van der Waals surface area contributed by atoms with Crippen LogP contribution in [0.25, 0.3) is 11.0 Å². The number of carboxylic acids is 1. The second-order valence-corrected chi connectivity index (χ2v) is 5.81. The van der Waals surface area contributed by atoms with Crippen LogP contribution >= 0.6 is 0 Å². The lowest BCUT2D eigenvalue weighted by Gasteiger charge is -2.17. The summed E-state index contributed by atoms with van der Waals surface area (Å²) < 4.78 is 2.10. The Bertz CT molecular complexity index is 941. The number of carboxylic acid groups (broad SMARTS) is 1. The van der Waals surface area contributed by atoms with Crippen molar-refractivity contribution in [2.45, 2.75) is 19.9 Å². The molecule has 1 amide bonds. The molecule has 24 heavy (non-hydrogen) atoms. The van der Waals surface area contributed by atoms with Gasteiger partial charge in [0.25, 0.3) is 11.5 Å². The number of aryl methyl sites for hydroxylation is 1. The highest BCUT2D eigenvalue weighted by atomic mass is 16.4. The van der Waals surface area contributed by atoms with Crippen LogP contribution in [-0.2, 0) is 18.9 Å². The van der Waals surface area contributed by atoms with E-state index in [1.807, 2.05) is 0 Å². The number of carbonyl (C=O) groups is 2. The summed E-state index contributed by atoms with van der Waals surface area (Å²) in [6, 6.07) is 1.65. The number of nitrogens with zero attached hydrogens (tertiary/aromatic N) is 3. The van der Waals surface area contributed by atoms with Gasteiger partial charge >= 0.3 is 11.7 Å². The van der Waals surface area contributed by atoms with Gasteiger partial charge in [0, 0.05) is 14.1 Å². The van der Waals surface area contributed by atoms with Crippen molar-refractivity contribution >= 4 is 22.9 Å². The zero-order valence-electron chi connectivity index (χ0n) is 13.7. The Morgan fingerprint density at radius 1 is 1.17 bits per heavy atom. The van der Waals surface area contributed by atoms with E-state index in [1.54, 1.807) is 13.8 Å². The molecular weight excluding hydrogens is 316 g/mol. The van der Waals surface area contributed by atoms with E-state index in [0.29, 0.717) is 0 Å². The Morgan fingerprint density at radius 2 is 1.79 bits per heavy atom. The first-order valence-corrected chi connectivity index (χ1v) is 7.25. The number of aliphatic carboxylic acids is 1. The van der Waals surface area contributed by atoms with Crippen molar-refractivity contribution < 1.29 is 14.7 Å². The lowest BCUT2D eigenvalue weighted by molar-refractivity contribution is -0.140. The third-order valence-electron chi connectivity index (χ3n) is 3.75. The average molecular weight is 334 g/mol. The molecule has 2 aromatic rings. The highest BCUT2D eigenvalue weighted by Gasteiger charge is 2.24. The van der Waals surface area contributed by atoms with E-state index in [9.17, 15) is 19.2 Å². The van der Waals surface area contributed by atoms with Crippen molar-refractivity contribution in [1.82, 2.24) is 19.4 Å². The first kappa shape index (κ1) is 17.4. The molecule has 0 unspecified atom stereocenters. The summed E-state index contributed by atoms with van der Waals surface area (Å²) in [6.07, 6.45) is 0. The number of hydrogen-bond acceptors (Lipinski definition) is 5. The SMILES string of the molecule is CC(C)[C@@H](NC(=O)c1ccc2c(=O)n(C)c(=O)n(C)c2n1)C(=O)O. The number of nitrogens with one attached hydrogen (secondary N) is 1. The summed E-state index contributed by atoms with van der Waals surface area (Å²) in [5.41, 5.74) is -1.09. The number of pyridine rings is 1. The Balaban J connectivity index is 2.52. The standard InChI is InChI=1S/C15H18N4O5/c1-7(2)10(14(22)23)17-12(20)9-6-5-8-11(16-9)18(3)15(24)19(4)13(8)21/h5-7,10H,1-4H3,(H,17,20)(H,22,23)/t10-/m1/s1. The molecule has 0 aliphatic rings. The van der Waals surface area contributed by atoms with E-state index in [2.05, 4.69) is 10.3 Å². The summed E-state index contributed by atoms with van der Waals surface area (Å²) in [4.78, 5) is 51.5. The molecule has 128 valence electrons. The number of fused-ring (bicyclic) bond motifs is 1. The molecule has 0 bridgehead atoms. The molecule has 0 aliphatic carbocycles. The molecule has 0 saturated carbocycles. The van der Waals surface area contributed by atoms with Gasteiger partial charge in [0.05, 0.1) is 5.39 Å². The first-order valence-electron chi connectivity index (χ1n) is 7.25. The van der Waals surface area contributed by atoms with Crippen LogP contribution in [0, 0.1) is 5.92 Å². The van der Waals surface area contributed by atoms with Crippen LogP contribution in [0.4, 0.5) is 0 Å². The molecule has 1 atom stereocenters. The topological polar surface area (TPSA) is 123 Å². The number of aromatic nitrogens is 3. The van der Waals surface area contributed by atoms with Crippen LogP contribution in [0.2, 0.25) is 0 Å². The van der Waals surface area contributed by atoms with E-state index in [0.717, 1.165) is 9.13 Å². The van der Waals surface area contributed by atoms with E-state index in [4.69, 9.17) is 5.11 Å². The van der Waals surface area contributed by atoms with Gasteiger partial charge in [0.1, 0.15) is 17.4 Å². The van der Waals surface area contributed by atoms with Gasteiger partial charge in [-0.1, -0.05) is 13.8 Å². The summed E-state index contributed by atoms with van der Waals surface area (Å²) in [5.74, 6) is -2.16. The van der Waals surface area contributed by atoms with E-state index in [-0.39, 0.29) is 22.6 Å². The van der Waals surface area contributed by atoms with Crippen LogP contribution in [0.3, 0.4) is 0 Å². The fourth-order valence-corrected chi connectivity index (χ4v) is 2.31. The van der Waals surface area contributed by atoms with Gasteiger partial charge in [-0.05, 0) is 18.1 Å². The lowest BCUT2D eigenvalue weighted by atomic mass is 10.0. The summed E-state index contributed by atoms with van der Waals surface area (Å²) in [5, 5.41) is 11.7. The van der Waals surface area contributed by atoms with E-state index >= 15 is 0 Å². The predicted octanol–water partition coefficient (Wildman–Crippen LogP) is -0.529. The second kappa shape index (κ2) is 6.26. The fraction of sp³-hybridized carbons (Fsp3) is 0.400. The van der Waals surface area contributed by atoms with Gasteiger partial charge in [-0.15, -0.1) is 0 Å². The quantitative estimate of drug-likeness (QED) is 0.775. The van der Waals surface area contributed by atoms with Crippen LogP contribution in [-0.4, -0.2) is 37.1 Å². The highest BCUT2D eigenvalue weighted by Crippen LogP contribution is 2.08. The van der Waals surface area contributed by atoms with Crippen molar-refractivity contribution in [2.75, 3.05) is 0 Å². The average Bonchev–Trinajstić information content (AvgIpc) is 2.54. The van der Waals surface area contributed by atoms with Gasteiger partial charge < -0.3 is 10.4 Å². The molecule has 9 heteroatoms. The number of hydrogen-bond donors (Lipinski definition) is 2. The van der Waals surface area contributed by atoms with Crippen LogP contribution in [0.5, 0.6) is 0 Å². The number of amides is 1. The number of rotatable bonds is 4. The van der Waals surface area contributed by atoms with Crippen molar-refractivity contribution in [3.05, 3.63) is 38.7 Å². The molecule has 2 aromatic heterocycles. The van der Waals surface area contributed by atoms with Gasteiger partial charge in [-0.3, -0.25) is 18.7 Å². The maximum Gasteiger partial charge on any atom is 0.332 e. The third-order valence-corrected chi connectivity index (χ3v) is 3.75.